The third-order valence-corrected chi connectivity index (χ3v) is 7.73. The highest BCUT2D eigenvalue weighted by molar-refractivity contribution is 6.28. The van der Waals surface area contributed by atoms with Crippen molar-refractivity contribution >= 4 is 23.2 Å². The molecule has 1 aliphatic heterocycles. The third-order valence-electron chi connectivity index (χ3n) is 6.76. The number of halogens is 5. The fourth-order valence-corrected chi connectivity index (χ4v) is 6.24. The standard InChI is InChI=1S/C25H26Cl2F3N5O/c26-22-20-5-1-2-6-21(20)25(27,36-19-9-7-18(8-10-19)35-16-31-15-33-35)23(22)34-13-3-4-17(14-34)32-12-11-24(28,29)30/h1-2,5-10,15-17,22-23,32H,3-4,11-14H2/t17?,22?,23-,25+/m0/s1. The van der Waals surface area contributed by atoms with E-state index in [-0.39, 0.29) is 12.6 Å². The first kappa shape index (κ1) is 25.3. The molecular weight excluding hydrogens is 514 g/mol. The van der Waals surface area contributed by atoms with Crippen LogP contribution in [-0.2, 0) is 5.06 Å². The summed E-state index contributed by atoms with van der Waals surface area (Å²) in [5.41, 5.74) is 2.51. The number of nitrogens with zero attached hydrogens (tertiary/aromatic N) is 4. The Labute approximate surface area is 217 Å². The molecule has 5 rings (SSSR count). The molecule has 6 nitrogen and oxygen atoms in total. The van der Waals surface area contributed by atoms with Crippen molar-refractivity contribution in [2.45, 2.75) is 48.0 Å². The Balaban J connectivity index is 1.38. The Kier molecular flexibility index (Phi) is 7.18. The average molecular weight is 540 g/mol. The van der Waals surface area contributed by atoms with E-state index in [0.29, 0.717) is 12.3 Å². The smallest absolute Gasteiger partial charge is 0.390 e. The van der Waals surface area contributed by atoms with E-state index in [1.807, 2.05) is 48.5 Å². The lowest BCUT2D eigenvalue weighted by Gasteiger charge is -2.43. The van der Waals surface area contributed by atoms with Crippen LogP contribution in [0.5, 0.6) is 5.75 Å². The van der Waals surface area contributed by atoms with Crippen molar-refractivity contribution in [2.75, 3.05) is 19.6 Å². The minimum atomic E-state index is -4.18. The summed E-state index contributed by atoms with van der Waals surface area (Å²) in [7, 11) is 0. The number of fused-ring (bicyclic) bond motifs is 1. The second-order valence-corrected chi connectivity index (χ2v) is 10.2. The van der Waals surface area contributed by atoms with Crippen LogP contribution in [0.25, 0.3) is 5.69 Å². The SMILES string of the molecule is FC(F)(F)CCNC1CCCN([C@H]2C(Cl)c3ccccc3[C@@]2(Cl)Oc2ccc(-n3cncn3)cc2)C1. The second-order valence-electron chi connectivity index (χ2n) is 9.17. The molecule has 0 saturated carbocycles. The topological polar surface area (TPSA) is 55.2 Å². The fraction of sp³-hybridized carbons (Fsp3) is 0.440. The molecule has 0 spiro atoms. The van der Waals surface area contributed by atoms with Crippen LogP contribution in [0.2, 0.25) is 0 Å². The normalized spacial score (nSPS) is 26.6. The predicted molar refractivity (Wildman–Crippen MR) is 132 cm³/mol. The van der Waals surface area contributed by atoms with Crippen LogP contribution in [0.4, 0.5) is 13.2 Å². The highest BCUT2D eigenvalue weighted by Crippen LogP contribution is 2.54. The van der Waals surface area contributed by atoms with Crippen molar-refractivity contribution in [1.29, 1.82) is 0 Å². The van der Waals surface area contributed by atoms with Crippen molar-refractivity contribution in [1.82, 2.24) is 25.0 Å². The third kappa shape index (κ3) is 5.20. The van der Waals surface area contributed by atoms with Gasteiger partial charge >= 0.3 is 6.18 Å². The molecule has 0 amide bonds. The van der Waals surface area contributed by atoms with Crippen LogP contribution in [0.3, 0.4) is 0 Å². The summed E-state index contributed by atoms with van der Waals surface area (Å²) in [5, 5.41) is 5.48. The number of piperidine rings is 1. The molecule has 36 heavy (non-hydrogen) atoms. The summed E-state index contributed by atoms with van der Waals surface area (Å²) in [6, 6.07) is 14.5. The van der Waals surface area contributed by atoms with Gasteiger partial charge in [0.1, 0.15) is 18.4 Å². The van der Waals surface area contributed by atoms with Gasteiger partial charge in [-0.15, -0.1) is 11.6 Å². The largest absolute Gasteiger partial charge is 0.466 e. The van der Waals surface area contributed by atoms with Gasteiger partial charge in [0, 0.05) is 24.7 Å². The first-order valence-corrected chi connectivity index (χ1v) is 12.7. The van der Waals surface area contributed by atoms with Gasteiger partial charge in [-0.2, -0.15) is 18.3 Å². The molecule has 1 aromatic heterocycles. The molecule has 1 fully saturated rings. The van der Waals surface area contributed by atoms with Crippen molar-refractivity contribution in [2.24, 2.45) is 0 Å². The van der Waals surface area contributed by atoms with Crippen LogP contribution in [0.15, 0.2) is 61.2 Å². The molecule has 4 atom stereocenters. The number of ether oxygens (including phenoxy) is 1. The molecule has 192 valence electrons. The molecule has 1 N–H and O–H groups in total. The molecule has 2 aliphatic rings. The fourth-order valence-electron chi connectivity index (χ4n) is 5.12. The van der Waals surface area contributed by atoms with Gasteiger partial charge in [-0.25, -0.2) is 9.67 Å². The number of nitrogens with one attached hydrogen (secondary N) is 1. The van der Waals surface area contributed by atoms with Crippen LogP contribution in [0, 0.1) is 0 Å². The average Bonchev–Trinajstić information content (AvgIpc) is 3.45. The van der Waals surface area contributed by atoms with Gasteiger partial charge in [0.2, 0.25) is 5.06 Å². The number of alkyl halides is 5. The maximum atomic E-state index is 12.6. The number of likely N-dealkylation sites (tertiary alicyclic amines) is 1. The summed E-state index contributed by atoms with van der Waals surface area (Å²) in [6.07, 6.45) is -0.360. The number of benzene rings is 2. The Bertz CT molecular complexity index is 1160. The van der Waals surface area contributed by atoms with E-state index < -0.39 is 29.1 Å². The summed E-state index contributed by atoms with van der Waals surface area (Å²) in [6.45, 7) is 1.14. The maximum absolute atomic E-state index is 12.6. The van der Waals surface area contributed by atoms with Gasteiger partial charge < -0.3 is 10.1 Å². The van der Waals surface area contributed by atoms with Crippen molar-refractivity contribution in [3.63, 3.8) is 0 Å². The summed E-state index contributed by atoms with van der Waals surface area (Å²) < 4.78 is 46.0. The van der Waals surface area contributed by atoms with Gasteiger partial charge in [-0.3, -0.25) is 4.90 Å². The Morgan fingerprint density at radius 3 is 2.64 bits per heavy atom. The number of hydrogen-bond acceptors (Lipinski definition) is 5. The molecule has 11 heteroatoms. The zero-order chi connectivity index (χ0) is 25.3. The van der Waals surface area contributed by atoms with Crippen LogP contribution in [-0.4, -0.2) is 57.6 Å². The first-order chi connectivity index (χ1) is 17.2. The summed E-state index contributed by atoms with van der Waals surface area (Å²) in [5.74, 6) is 0.566. The first-order valence-electron chi connectivity index (χ1n) is 11.9. The van der Waals surface area contributed by atoms with Gasteiger partial charge in [-0.1, -0.05) is 35.9 Å². The molecule has 2 heterocycles. The summed E-state index contributed by atoms with van der Waals surface area (Å²) in [4.78, 5) is 6.12. The molecule has 2 unspecified atom stereocenters. The zero-order valence-electron chi connectivity index (χ0n) is 19.3. The van der Waals surface area contributed by atoms with Crippen molar-refractivity contribution in [3.8, 4) is 11.4 Å². The maximum Gasteiger partial charge on any atom is 0.390 e. The van der Waals surface area contributed by atoms with E-state index in [1.54, 1.807) is 11.0 Å². The summed E-state index contributed by atoms with van der Waals surface area (Å²) >= 11 is 14.3. The monoisotopic (exact) mass is 539 g/mol. The predicted octanol–water partition coefficient (Wildman–Crippen LogP) is 5.41. The molecule has 2 aromatic carbocycles. The van der Waals surface area contributed by atoms with Gasteiger partial charge in [0.05, 0.1) is 23.5 Å². The molecular formula is C25H26Cl2F3N5O. The number of rotatable bonds is 7. The van der Waals surface area contributed by atoms with Crippen molar-refractivity contribution < 1.29 is 17.9 Å². The van der Waals surface area contributed by atoms with Gasteiger partial charge in [0.15, 0.2) is 0 Å². The van der Waals surface area contributed by atoms with Gasteiger partial charge in [0.25, 0.3) is 0 Å². The molecule has 1 aliphatic carbocycles. The Hall–Kier alpha value is -2.33. The van der Waals surface area contributed by atoms with E-state index in [1.165, 1.54) is 6.33 Å². The highest BCUT2D eigenvalue weighted by atomic mass is 35.5. The van der Waals surface area contributed by atoms with Gasteiger partial charge in [-0.05, 0) is 49.2 Å². The number of aromatic nitrogens is 3. The van der Waals surface area contributed by atoms with Crippen LogP contribution < -0.4 is 10.1 Å². The Morgan fingerprint density at radius 1 is 1.14 bits per heavy atom. The minimum absolute atomic E-state index is 0.0865. The minimum Gasteiger partial charge on any atom is -0.466 e. The lowest BCUT2D eigenvalue weighted by molar-refractivity contribution is -0.133. The highest BCUT2D eigenvalue weighted by Gasteiger charge is 2.56. The number of hydrogen-bond donors (Lipinski definition) is 1. The lowest BCUT2D eigenvalue weighted by atomic mass is 10.0. The van der Waals surface area contributed by atoms with E-state index in [2.05, 4.69) is 20.3 Å². The van der Waals surface area contributed by atoms with E-state index in [0.717, 1.165) is 36.2 Å². The molecule has 3 aromatic rings. The van der Waals surface area contributed by atoms with E-state index in [4.69, 9.17) is 27.9 Å². The molecule has 1 saturated heterocycles. The second kappa shape index (κ2) is 10.2. The quantitative estimate of drug-likeness (QED) is 0.407. The molecule has 0 bridgehead atoms. The lowest BCUT2D eigenvalue weighted by Crippen LogP contribution is -2.56. The molecule has 0 radical (unpaired) electrons. The van der Waals surface area contributed by atoms with Crippen molar-refractivity contribution in [3.05, 3.63) is 72.3 Å². The van der Waals surface area contributed by atoms with E-state index in [9.17, 15) is 13.2 Å². The van der Waals surface area contributed by atoms with E-state index >= 15 is 0 Å². The zero-order valence-corrected chi connectivity index (χ0v) is 20.8. The van der Waals surface area contributed by atoms with Crippen LogP contribution in [0.1, 0.15) is 35.8 Å². The Morgan fingerprint density at radius 2 is 1.92 bits per heavy atom. The van der Waals surface area contributed by atoms with Crippen LogP contribution >= 0.6 is 23.2 Å².